The van der Waals surface area contributed by atoms with Gasteiger partial charge < -0.3 is 0 Å². The van der Waals surface area contributed by atoms with Crippen molar-refractivity contribution >= 4 is 20.1 Å². The van der Waals surface area contributed by atoms with E-state index >= 15 is 0 Å². The van der Waals surface area contributed by atoms with Crippen LogP contribution in [0.25, 0.3) is 0 Å². The first-order valence-corrected chi connectivity index (χ1v) is 10.3. The second kappa shape index (κ2) is 7.11. The lowest BCUT2D eigenvalue weighted by Crippen LogP contribution is -2.31. The van der Waals surface area contributed by atoms with E-state index in [1.807, 2.05) is 0 Å². The number of sulfonamides is 1. The normalized spacial score (nSPS) is 31.5. The highest BCUT2D eigenvalue weighted by Crippen LogP contribution is 2.25. The molecule has 26 heavy (non-hydrogen) atoms. The molecule has 0 aromatic heterocycles. The fourth-order valence-corrected chi connectivity index (χ4v) is 4.01. The average Bonchev–Trinajstić information content (AvgIpc) is 2.74. The maximum atomic E-state index is 13.2. The highest BCUT2D eigenvalue weighted by molar-refractivity contribution is 7.89. The van der Waals surface area contributed by atoms with Gasteiger partial charge in [-0.1, -0.05) is 35.4 Å². The second-order valence-electron chi connectivity index (χ2n) is 5.61. The molecule has 2 aromatic rings. The van der Waals surface area contributed by atoms with E-state index in [9.17, 15) is 16.8 Å². The van der Waals surface area contributed by atoms with Crippen LogP contribution in [0, 0.1) is 13.8 Å². The average molecular weight is 403 g/mol. The van der Waals surface area contributed by atoms with Crippen molar-refractivity contribution < 1.29 is 30.6 Å². The summed E-state index contributed by atoms with van der Waals surface area (Å²) in [5.41, 5.74) is 1.33. The Hall–Kier alpha value is -1.74. The van der Waals surface area contributed by atoms with Gasteiger partial charge in [0.15, 0.2) is 0 Å². The molecule has 1 heterocycles. The lowest BCUT2D eigenvalue weighted by Gasteiger charge is -2.17. The number of hydrogen-bond donors (Lipinski definition) is 0. The monoisotopic (exact) mass is 402 g/mol. The van der Waals surface area contributed by atoms with E-state index in [2.05, 4.69) is 0 Å². The van der Waals surface area contributed by atoms with Crippen molar-refractivity contribution in [1.82, 2.24) is 4.31 Å². The molecule has 8 heteroatoms. The van der Waals surface area contributed by atoms with Crippen LogP contribution in [0.2, 0.25) is 0 Å². The van der Waals surface area contributed by atoms with E-state index in [-0.39, 0.29) is 0 Å². The predicted molar refractivity (Wildman–Crippen MR) is 97.8 cm³/mol. The highest BCUT2D eigenvalue weighted by atomic mass is 32.2. The lowest BCUT2D eigenvalue weighted by molar-refractivity contribution is 0.222. The predicted octanol–water partition coefficient (Wildman–Crippen LogP) is 2.47. The third-order valence-corrected chi connectivity index (χ3v) is 6.30. The molecule has 3 rings (SSSR count). The molecule has 0 unspecified atom stereocenters. The van der Waals surface area contributed by atoms with Crippen LogP contribution < -0.4 is 0 Å². The molecule has 1 saturated heterocycles. The van der Waals surface area contributed by atoms with E-state index < -0.39 is 59.7 Å². The molecule has 1 atom stereocenters. The number of rotatable bonds is 5. The minimum Gasteiger partial charge on any atom is -0.262 e. The number of benzene rings is 2. The van der Waals surface area contributed by atoms with Gasteiger partial charge in [-0.15, -0.1) is 0 Å². The minimum atomic E-state index is -5.09. The first kappa shape index (κ1) is 11.9. The van der Waals surface area contributed by atoms with Crippen molar-refractivity contribution in [3.8, 4) is 0 Å². The molecule has 0 bridgehead atoms. The maximum Gasteiger partial charge on any atom is 0.297 e. The van der Waals surface area contributed by atoms with Gasteiger partial charge in [-0.25, -0.2) is 8.42 Å². The van der Waals surface area contributed by atoms with Crippen LogP contribution in [0.15, 0.2) is 58.3 Å². The lowest BCUT2D eigenvalue weighted by atomic mass is 10.2. The molecule has 1 aliphatic rings. The molecular formula is C18H21NO5S2. The van der Waals surface area contributed by atoms with E-state index in [0.29, 0.717) is 11.1 Å². The van der Waals surface area contributed by atoms with Crippen LogP contribution in [0.4, 0.5) is 0 Å². The van der Waals surface area contributed by atoms with Gasteiger partial charge >= 0.3 is 0 Å². The zero-order valence-electron chi connectivity index (χ0n) is 20.9. The molecule has 0 saturated carbocycles. The van der Waals surface area contributed by atoms with Crippen molar-refractivity contribution in [3.63, 3.8) is 0 Å². The first-order valence-electron chi connectivity index (χ1n) is 11.0. The number of aryl methyl sites for hydroxylation is 2. The Morgan fingerprint density at radius 3 is 2.00 bits per heavy atom. The van der Waals surface area contributed by atoms with Gasteiger partial charge in [0, 0.05) is 21.2 Å². The van der Waals surface area contributed by atoms with Gasteiger partial charge in [-0.2, -0.15) is 12.7 Å². The van der Waals surface area contributed by atoms with E-state index in [0.717, 1.165) is 24.3 Å². The summed E-state index contributed by atoms with van der Waals surface area (Å²) in [6.07, 6.45) is -7.61. The molecular weight excluding hydrogens is 374 g/mol. The highest BCUT2D eigenvalue weighted by Gasteiger charge is 2.35. The standard InChI is InChI=1S/C18H21NO5S2/c1-14-3-7-17(8-4-14)25(20,21)19-12-11-16(13-19)24-26(22,23)18-9-5-15(2)6-10-18/h3-10,16H,11-13H2,1-2H3/t16-/m0/s1/i11D2,12D2,13D2,16D. The van der Waals surface area contributed by atoms with Crippen LogP contribution in [0.5, 0.6) is 0 Å². The maximum absolute atomic E-state index is 13.2. The SMILES string of the molecule is [2H]C1([2H])N(S(=O)(=O)c2ccc(C)cc2)C([2H])([2H])[C@@]([2H])(OS(=O)(=O)c2ccc(C)cc2)C1([2H])[2H]. The van der Waals surface area contributed by atoms with E-state index in [1.54, 1.807) is 13.8 Å². The molecule has 0 amide bonds. The molecule has 140 valence electrons. The van der Waals surface area contributed by atoms with Crippen molar-refractivity contribution in [2.75, 3.05) is 13.0 Å². The van der Waals surface area contributed by atoms with Gasteiger partial charge in [0.25, 0.3) is 10.1 Å². The summed E-state index contributed by atoms with van der Waals surface area (Å²) in [4.78, 5) is -1.10. The van der Waals surface area contributed by atoms with Crippen LogP contribution in [-0.2, 0) is 24.3 Å². The quantitative estimate of drug-likeness (QED) is 0.718. The van der Waals surface area contributed by atoms with Gasteiger partial charge in [0.2, 0.25) is 10.0 Å². The smallest absolute Gasteiger partial charge is 0.262 e. The number of nitrogens with zero attached hydrogens (tertiary/aromatic N) is 1. The molecule has 6 nitrogen and oxygen atoms in total. The van der Waals surface area contributed by atoms with Gasteiger partial charge in [0.05, 0.1) is 17.2 Å². The Labute approximate surface area is 164 Å². The largest absolute Gasteiger partial charge is 0.297 e. The Bertz CT molecular complexity index is 1280. The second-order valence-corrected chi connectivity index (χ2v) is 8.94. The first-order chi connectivity index (χ1) is 14.8. The van der Waals surface area contributed by atoms with Gasteiger partial charge in [0.1, 0.15) is 0 Å². The molecule has 2 aromatic carbocycles. The zero-order chi connectivity index (χ0) is 25.3. The summed E-state index contributed by atoms with van der Waals surface area (Å²) < 4.78 is 114. The van der Waals surface area contributed by atoms with Crippen LogP contribution in [0.1, 0.15) is 27.1 Å². The summed E-state index contributed by atoms with van der Waals surface area (Å²) in [5, 5.41) is 0. The Kier molecular flexibility index (Phi) is 3.24. The topological polar surface area (TPSA) is 80.8 Å². The van der Waals surface area contributed by atoms with Crippen molar-refractivity contribution in [2.24, 2.45) is 0 Å². The Balaban J connectivity index is 2.19. The van der Waals surface area contributed by atoms with Crippen LogP contribution >= 0.6 is 0 Å². The van der Waals surface area contributed by atoms with Crippen LogP contribution in [-0.4, -0.2) is 40.2 Å². The van der Waals surface area contributed by atoms with Crippen LogP contribution in [0.3, 0.4) is 0 Å². The number of hydrogen-bond acceptors (Lipinski definition) is 5. The summed E-state index contributed by atoms with van der Waals surface area (Å²) in [7, 11) is -10.1. The molecule has 0 aliphatic carbocycles. The summed E-state index contributed by atoms with van der Waals surface area (Å²) in [6, 6.07) is 9.83. The van der Waals surface area contributed by atoms with Crippen molar-refractivity contribution in [3.05, 3.63) is 59.7 Å². The Morgan fingerprint density at radius 2 is 1.46 bits per heavy atom. The van der Waals surface area contributed by atoms with Gasteiger partial charge in [-0.05, 0) is 44.5 Å². The fourth-order valence-electron chi connectivity index (χ4n) is 2.09. The van der Waals surface area contributed by atoms with E-state index in [4.69, 9.17) is 13.8 Å². The molecule has 1 fully saturated rings. The Morgan fingerprint density at radius 1 is 0.962 bits per heavy atom. The van der Waals surface area contributed by atoms with Gasteiger partial charge in [-0.3, -0.25) is 4.18 Å². The molecule has 1 aliphatic heterocycles. The fraction of sp³-hybridized carbons (Fsp3) is 0.333. The molecule has 0 N–H and O–H groups in total. The third kappa shape index (κ3) is 3.98. The minimum absolute atomic E-state index is 0.463. The molecule has 0 spiro atoms. The summed E-state index contributed by atoms with van der Waals surface area (Å²) in [5.74, 6) is 0. The molecule has 0 radical (unpaired) electrons. The zero-order valence-corrected chi connectivity index (χ0v) is 15.6. The van der Waals surface area contributed by atoms with Crippen molar-refractivity contribution in [1.29, 1.82) is 0 Å². The van der Waals surface area contributed by atoms with E-state index in [1.165, 1.54) is 24.3 Å². The van der Waals surface area contributed by atoms with Crippen molar-refractivity contribution in [2.45, 2.75) is 36.1 Å². The summed E-state index contributed by atoms with van der Waals surface area (Å²) in [6.45, 7) is -4.17. The third-order valence-electron chi connectivity index (χ3n) is 3.54. The summed E-state index contributed by atoms with van der Waals surface area (Å²) >= 11 is 0.